The zero-order valence-corrected chi connectivity index (χ0v) is 15.8. The van der Waals surface area contributed by atoms with Crippen LogP contribution in [0.1, 0.15) is 12.8 Å². The highest BCUT2D eigenvalue weighted by atomic mass is 35.5. The smallest absolute Gasteiger partial charge is 0.321 e. The highest BCUT2D eigenvalue weighted by molar-refractivity contribution is 6.30. The maximum atomic E-state index is 12.5. The molecule has 3 rings (SSSR count). The van der Waals surface area contributed by atoms with Crippen molar-refractivity contribution < 1.29 is 14.3 Å². The van der Waals surface area contributed by atoms with Crippen molar-refractivity contribution in [3.8, 4) is 11.5 Å². The Kier molecular flexibility index (Phi) is 6.19. The third-order valence-electron chi connectivity index (χ3n) is 4.48. The molecule has 1 fully saturated rings. The summed E-state index contributed by atoms with van der Waals surface area (Å²) in [5.74, 6) is 1.18. The molecule has 0 aromatic heterocycles. The van der Waals surface area contributed by atoms with Gasteiger partial charge in [0.15, 0.2) is 0 Å². The van der Waals surface area contributed by atoms with Gasteiger partial charge in [-0.3, -0.25) is 4.79 Å². The first-order chi connectivity index (χ1) is 13.0. The molecule has 0 unspecified atom stereocenters. The fraction of sp³-hybridized carbons (Fsp3) is 0.300. The van der Waals surface area contributed by atoms with Crippen molar-refractivity contribution in [2.45, 2.75) is 12.8 Å². The molecule has 0 bridgehead atoms. The maximum absolute atomic E-state index is 12.5. The molecule has 27 heavy (non-hydrogen) atoms. The number of rotatable bonds is 4. The van der Waals surface area contributed by atoms with Crippen LogP contribution in [0.5, 0.6) is 11.5 Å². The van der Waals surface area contributed by atoms with Crippen molar-refractivity contribution in [2.75, 3.05) is 25.5 Å². The number of nitrogens with one attached hydrogen (secondary N) is 2. The Hall–Kier alpha value is -2.73. The molecule has 1 atom stereocenters. The quantitative estimate of drug-likeness (QED) is 0.828. The summed E-state index contributed by atoms with van der Waals surface area (Å²) < 4.78 is 5.74. The number of benzene rings is 2. The number of carbonyl (C=O) groups excluding carboxylic acids is 2. The Morgan fingerprint density at radius 2 is 1.70 bits per heavy atom. The first kappa shape index (κ1) is 19.0. The average Bonchev–Trinajstić information content (AvgIpc) is 2.70. The van der Waals surface area contributed by atoms with Crippen molar-refractivity contribution in [2.24, 2.45) is 5.92 Å². The predicted molar refractivity (Wildman–Crippen MR) is 105 cm³/mol. The normalized spacial score (nSPS) is 16.5. The summed E-state index contributed by atoms with van der Waals surface area (Å²) in [4.78, 5) is 26.0. The number of hydrogen-bond acceptors (Lipinski definition) is 3. The van der Waals surface area contributed by atoms with Gasteiger partial charge in [-0.2, -0.15) is 0 Å². The van der Waals surface area contributed by atoms with E-state index in [-0.39, 0.29) is 17.9 Å². The summed E-state index contributed by atoms with van der Waals surface area (Å²) in [5.41, 5.74) is 0.672. The van der Waals surface area contributed by atoms with Gasteiger partial charge in [-0.15, -0.1) is 0 Å². The van der Waals surface area contributed by atoms with E-state index in [1.807, 2.05) is 0 Å². The van der Waals surface area contributed by atoms with Gasteiger partial charge in [-0.05, 0) is 61.4 Å². The third kappa shape index (κ3) is 5.14. The Labute approximate surface area is 163 Å². The van der Waals surface area contributed by atoms with Crippen LogP contribution in [0.15, 0.2) is 48.5 Å². The van der Waals surface area contributed by atoms with E-state index in [9.17, 15) is 9.59 Å². The van der Waals surface area contributed by atoms with Crippen LogP contribution in [0.3, 0.4) is 0 Å². The molecular formula is C20H22ClN3O3. The van der Waals surface area contributed by atoms with Gasteiger partial charge in [-0.1, -0.05) is 11.6 Å². The molecule has 2 aromatic carbocycles. The first-order valence-corrected chi connectivity index (χ1v) is 9.24. The second kappa shape index (κ2) is 8.77. The number of nitrogens with zero attached hydrogens (tertiary/aromatic N) is 1. The van der Waals surface area contributed by atoms with E-state index in [0.717, 1.165) is 12.8 Å². The van der Waals surface area contributed by atoms with E-state index in [1.165, 1.54) is 0 Å². The number of halogens is 1. The highest BCUT2D eigenvalue weighted by Crippen LogP contribution is 2.25. The minimum Gasteiger partial charge on any atom is -0.457 e. The molecule has 0 radical (unpaired) electrons. The molecule has 3 amide bonds. The van der Waals surface area contributed by atoms with Gasteiger partial charge in [0.25, 0.3) is 0 Å². The van der Waals surface area contributed by atoms with Crippen LogP contribution < -0.4 is 15.4 Å². The molecule has 7 heteroatoms. The molecule has 1 aliphatic heterocycles. The standard InChI is InChI=1S/C20H22ClN3O3/c1-22-19(25)14-3-2-12-24(13-14)20(26)23-16-6-10-18(11-7-16)27-17-8-4-15(21)5-9-17/h4-11,14H,2-3,12-13H2,1H3,(H,22,25)(H,23,26)/t14-/m0/s1. The van der Waals surface area contributed by atoms with Crippen molar-refractivity contribution in [1.29, 1.82) is 0 Å². The molecule has 0 saturated carbocycles. The molecule has 0 aliphatic carbocycles. The van der Waals surface area contributed by atoms with Crippen LogP contribution >= 0.6 is 11.6 Å². The molecule has 1 saturated heterocycles. The lowest BCUT2D eigenvalue weighted by molar-refractivity contribution is -0.125. The topological polar surface area (TPSA) is 70.7 Å². The van der Waals surface area contributed by atoms with E-state index in [2.05, 4.69) is 10.6 Å². The molecule has 1 aliphatic rings. The fourth-order valence-corrected chi connectivity index (χ4v) is 3.15. The number of piperidine rings is 1. The lowest BCUT2D eigenvalue weighted by Crippen LogP contribution is -2.46. The Bertz CT molecular complexity index is 793. The molecular weight excluding hydrogens is 366 g/mol. The SMILES string of the molecule is CNC(=O)[C@H]1CCCN(C(=O)Nc2ccc(Oc3ccc(Cl)cc3)cc2)C1. The Balaban J connectivity index is 1.56. The summed E-state index contributed by atoms with van der Waals surface area (Å²) in [5, 5.41) is 6.17. The van der Waals surface area contributed by atoms with Crippen molar-refractivity contribution in [1.82, 2.24) is 10.2 Å². The minimum atomic E-state index is -0.199. The predicted octanol–water partition coefficient (Wildman–Crippen LogP) is 4.12. The second-order valence-electron chi connectivity index (χ2n) is 6.41. The highest BCUT2D eigenvalue weighted by Gasteiger charge is 2.27. The van der Waals surface area contributed by atoms with Crippen LogP contribution in [-0.4, -0.2) is 37.0 Å². The first-order valence-electron chi connectivity index (χ1n) is 8.86. The van der Waals surface area contributed by atoms with E-state index in [0.29, 0.717) is 35.3 Å². The number of hydrogen-bond donors (Lipinski definition) is 2. The van der Waals surface area contributed by atoms with Gasteiger partial charge >= 0.3 is 6.03 Å². The number of carbonyl (C=O) groups is 2. The van der Waals surface area contributed by atoms with Gasteiger partial charge < -0.3 is 20.3 Å². The molecule has 6 nitrogen and oxygen atoms in total. The van der Waals surface area contributed by atoms with Crippen LogP contribution in [0.25, 0.3) is 0 Å². The van der Waals surface area contributed by atoms with Crippen LogP contribution in [-0.2, 0) is 4.79 Å². The van der Waals surface area contributed by atoms with Gasteiger partial charge in [0.1, 0.15) is 11.5 Å². The average molecular weight is 388 g/mol. The van der Waals surface area contributed by atoms with Crippen molar-refractivity contribution in [3.05, 3.63) is 53.6 Å². The zero-order valence-electron chi connectivity index (χ0n) is 15.1. The molecule has 2 N–H and O–H groups in total. The van der Waals surface area contributed by atoms with Crippen molar-refractivity contribution in [3.63, 3.8) is 0 Å². The Morgan fingerprint density at radius 3 is 2.33 bits per heavy atom. The number of urea groups is 1. The number of likely N-dealkylation sites (tertiary alicyclic amines) is 1. The van der Waals surface area contributed by atoms with Crippen LogP contribution in [0.4, 0.5) is 10.5 Å². The molecule has 2 aromatic rings. The lowest BCUT2D eigenvalue weighted by atomic mass is 9.97. The summed E-state index contributed by atoms with van der Waals surface area (Å²) >= 11 is 5.86. The van der Waals surface area contributed by atoms with Crippen molar-refractivity contribution >= 4 is 29.2 Å². The number of amides is 3. The fourth-order valence-electron chi connectivity index (χ4n) is 3.03. The zero-order chi connectivity index (χ0) is 19.2. The molecule has 142 valence electrons. The van der Waals surface area contributed by atoms with Gasteiger partial charge in [0.2, 0.25) is 5.91 Å². The minimum absolute atomic E-state index is 0.0174. The van der Waals surface area contributed by atoms with E-state index in [1.54, 1.807) is 60.5 Å². The number of ether oxygens (including phenoxy) is 1. The van der Waals surface area contributed by atoms with Gasteiger partial charge in [0, 0.05) is 30.8 Å². The maximum Gasteiger partial charge on any atom is 0.321 e. The second-order valence-corrected chi connectivity index (χ2v) is 6.85. The summed E-state index contributed by atoms with van der Waals surface area (Å²) in [6, 6.07) is 14.0. The largest absolute Gasteiger partial charge is 0.457 e. The van der Waals surface area contributed by atoms with Crippen LogP contribution in [0.2, 0.25) is 5.02 Å². The van der Waals surface area contributed by atoms with Gasteiger partial charge in [-0.25, -0.2) is 4.79 Å². The monoisotopic (exact) mass is 387 g/mol. The number of anilines is 1. The molecule has 0 spiro atoms. The van der Waals surface area contributed by atoms with E-state index >= 15 is 0 Å². The lowest BCUT2D eigenvalue weighted by Gasteiger charge is -2.31. The summed E-state index contributed by atoms with van der Waals surface area (Å²) in [6.07, 6.45) is 1.62. The summed E-state index contributed by atoms with van der Waals surface area (Å²) in [6.45, 7) is 1.08. The third-order valence-corrected chi connectivity index (χ3v) is 4.73. The van der Waals surface area contributed by atoms with Crippen LogP contribution in [0, 0.1) is 5.92 Å². The summed E-state index contributed by atoms with van der Waals surface area (Å²) in [7, 11) is 1.62. The van der Waals surface area contributed by atoms with Gasteiger partial charge in [0.05, 0.1) is 5.92 Å². The molecule has 1 heterocycles. The van der Waals surface area contributed by atoms with E-state index in [4.69, 9.17) is 16.3 Å². The van der Waals surface area contributed by atoms with E-state index < -0.39 is 0 Å². The Morgan fingerprint density at radius 1 is 1.07 bits per heavy atom.